The second kappa shape index (κ2) is 7.72. The van der Waals surface area contributed by atoms with Gasteiger partial charge in [-0.2, -0.15) is 0 Å². The van der Waals surface area contributed by atoms with Crippen molar-refractivity contribution in [2.24, 2.45) is 0 Å². The van der Waals surface area contributed by atoms with Crippen molar-refractivity contribution in [3.05, 3.63) is 76.6 Å². The monoisotopic (exact) mass is 428 g/mol. The summed E-state index contributed by atoms with van der Waals surface area (Å²) in [5.41, 5.74) is 1.23. The first-order valence-corrected chi connectivity index (χ1v) is 9.30. The Morgan fingerprint density at radius 1 is 1.23 bits per heavy atom. The van der Waals surface area contributed by atoms with Crippen LogP contribution in [0, 0.1) is 11.6 Å². The Hall–Kier alpha value is -3.52. The molecule has 0 radical (unpaired) electrons. The summed E-state index contributed by atoms with van der Waals surface area (Å²) in [5, 5.41) is 13.4. The summed E-state index contributed by atoms with van der Waals surface area (Å²) < 4.78 is 28.0. The fourth-order valence-electron chi connectivity index (χ4n) is 3.16. The van der Waals surface area contributed by atoms with Crippen molar-refractivity contribution in [1.29, 1.82) is 0 Å². The lowest BCUT2D eigenvalue weighted by atomic mass is 10.1. The van der Waals surface area contributed by atoms with Gasteiger partial charge in [-0.05, 0) is 36.8 Å². The van der Waals surface area contributed by atoms with E-state index in [1.807, 2.05) is 0 Å². The Labute approximate surface area is 174 Å². The summed E-state index contributed by atoms with van der Waals surface area (Å²) in [6.45, 7) is 1.76. The van der Waals surface area contributed by atoms with Gasteiger partial charge in [0, 0.05) is 29.4 Å². The number of halogens is 3. The molecule has 0 aliphatic heterocycles. The summed E-state index contributed by atoms with van der Waals surface area (Å²) in [7, 11) is 0. The second-order valence-corrected chi connectivity index (χ2v) is 7.13. The number of rotatable bonds is 5. The summed E-state index contributed by atoms with van der Waals surface area (Å²) in [6, 6.07) is 7.89. The lowest BCUT2D eigenvalue weighted by Crippen LogP contribution is -2.13. The van der Waals surface area contributed by atoms with Crippen LogP contribution in [0.25, 0.3) is 22.3 Å². The first-order valence-electron chi connectivity index (χ1n) is 8.92. The van der Waals surface area contributed by atoms with Gasteiger partial charge in [-0.25, -0.2) is 23.5 Å². The van der Waals surface area contributed by atoms with E-state index in [-0.39, 0.29) is 22.9 Å². The zero-order valence-corrected chi connectivity index (χ0v) is 16.3. The molecule has 1 aromatic carbocycles. The number of carbonyl (C=O) groups is 1. The van der Waals surface area contributed by atoms with Gasteiger partial charge in [0.05, 0.1) is 5.02 Å². The molecule has 0 spiro atoms. The lowest BCUT2D eigenvalue weighted by molar-refractivity contribution is 0.0697. The second-order valence-electron chi connectivity index (χ2n) is 6.69. The lowest BCUT2D eigenvalue weighted by Gasteiger charge is -2.17. The molecular formula is C21H15ClF2N4O2. The fourth-order valence-corrected chi connectivity index (χ4v) is 3.32. The van der Waals surface area contributed by atoms with E-state index in [9.17, 15) is 18.7 Å². The SMILES string of the molecule is C[C@H](Nc1nc(-c2c[nH]c3ncc(Cl)cc23)c(F)cc1C(=O)O)c1ccc(F)cc1. The highest BCUT2D eigenvalue weighted by Crippen LogP contribution is 2.33. The highest BCUT2D eigenvalue weighted by atomic mass is 35.5. The molecule has 3 aromatic heterocycles. The van der Waals surface area contributed by atoms with E-state index in [0.717, 1.165) is 6.07 Å². The van der Waals surface area contributed by atoms with E-state index in [1.54, 1.807) is 25.1 Å². The number of carboxylic acid groups (broad SMARTS) is 1. The van der Waals surface area contributed by atoms with Crippen molar-refractivity contribution in [1.82, 2.24) is 15.0 Å². The highest BCUT2D eigenvalue weighted by molar-refractivity contribution is 6.31. The molecule has 4 aromatic rings. The third-order valence-corrected chi connectivity index (χ3v) is 4.89. The minimum atomic E-state index is -1.33. The third-order valence-electron chi connectivity index (χ3n) is 4.68. The number of nitrogens with one attached hydrogen (secondary N) is 2. The molecule has 0 saturated carbocycles. The van der Waals surface area contributed by atoms with E-state index in [2.05, 4.69) is 20.3 Å². The minimum absolute atomic E-state index is 0.0138. The Morgan fingerprint density at radius 2 is 1.97 bits per heavy atom. The van der Waals surface area contributed by atoms with Gasteiger partial charge in [-0.15, -0.1) is 0 Å². The number of fused-ring (bicyclic) bond motifs is 1. The molecule has 3 heterocycles. The van der Waals surface area contributed by atoms with Crippen LogP contribution < -0.4 is 5.32 Å². The number of carboxylic acids is 1. The van der Waals surface area contributed by atoms with Crippen LogP contribution in [0.1, 0.15) is 28.9 Å². The number of H-pyrrole nitrogens is 1. The van der Waals surface area contributed by atoms with E-state index in [0.29, 0.717) is 27.2 Å². The molecule has 9 heteroatoms. The van der Waals surface area contributed by atoms with E-state index in [1.165, 1.54) is 24.5 Å². The molecule has 0 fully saturated rings. The van der Waals surface area contributed by atoms with Crippen LogP contribution in [0.4, 0.5) is 14.6 Å². The fraction of sp³-hybridized carbons (Fsp3) is 0.0952. The van der Waals surface area contributed by atoms with E-state index in [4.69, 9.17) is 11.6 Å². The van der Waals surface area contributed by atoms with Gasteiger partial charge >= 0.3 is 5.97 Å². The van der Waals surface area contributed by atoms with Crippen molar-refractivity contribution in [2.75, 3.05) is 5.32 Å². The Bertz CT molecular complexity index is 1260. The topological polar surface area (TPSA) is 90.9 Å². The average Bonchev–Trinajstić information content (AvgIpc) is 3.12. The number of hydrogen-bond donors (Lipinski definition) is 3. The van der Waals surface area contributed by atoms with Crippen LogP contribution in [-0.2, 0) is 0 Å². The van der Waals surface area contributed by atoms with Gasteiger partial charge in [0.2, 0.25) is 0 Å². The predicted molar refractivity (Wildman–Crippen MR) is 110 cm³/mol. The predicted octanol–water partition coefficient (Wildman–Crippen LogP) is 5.43. The number of nitrogens with zero attached hydrogens (tertiary/aromatic N) is 2. The summed E-state index contributed by atoms with van der Waals surface area (Å²) in [6.07, 6.45) is 2.99. The van der Waals surface area contributed by atoms with Gasteiger partial charge in [-0.1, -0.05) is 23.7 Å². The van der Waals surface area contributed by atoms with Crippen LogP contribution in [0.5, 0.6) is 0 Å². The van der Waals surface area contributed by atoms with Gasteiger partial charge in [0.25, 0.3) is 0 Å². The summed E-state index contributed by atoms with van der Waals surface area (Å²) >= 11 is 6.01. The zero-order valence-electron chi connectivity index (χ0n) is 15.6. The molecule has 0 amide bonds. The Balaban J connectivity index is 1.80. The molecule has 0 saturated heterocycles. The van der Waals surface area contributed by atoms with E-state index < -0.39 is 17.8 Å². The first kappa shape index (κ1) is 19.8. The highest BCUT2D eigenvalue weighted by Gasteiger charge is 2.21. The number of benzene rings is 1. The molecule has 0 bridgehead atoms. The van der Waals surface area contributed by atoms with Crippen LogP contribution in [0.15, 0.2) is 48.8 Å². The van der Waals surface area contributed by atoms with Gasteiger partial charge in [-0.3, -0.25) is 0 Å². The molecular weight excluding hydrogens is 414 g/mol. The molecule has 1 atom stereocenters. The van der Waals surface area contributed by atoms with Crippen molar-refractivity contribution in [3.63, 3.8) is 0 Å². The van der Waals surface area contributed by atoms with Crippen molar-refractivity contribution >= 4 is 34.4 Å². The molecule has 3 N–H and O–H groups in total. The van der Waals surface area contributed by atoms with Gasteiger partial charge < -0.3 is 15.4 Å². The summed E-state index contributed by atoms with van der Waals surface area (Å²) in [5.74, 6) is -2.52. The van der Waals surface area contributed by atoms with Gasteiger partial charge in [0.15, 0.2) is 5.82 Å². The number of aromatic carboxylic acids is 1. The average molecular weight is 429 g/mol. The molecule has 0 aliphatic rings. The zero-order chi connectivity index (χ0) is 21.4. The maximum absolute atomic E-state index is 14.8. The molecule has 30 heavy (non-hydrogen) atoms. The maximum Gasteiger partial charge on any atom is 0.339 e. The first-order chi connectivity index (χ1) is 14.3. The molecule has 4 rings (SSSR count). The van der Waals surface area contributed by atoms with Gasteiger partial charge in [0.1, 0.15) is 28.5 Å². The Morgan fingerprint density at radius 3 is 2.67 bits per heavy atom. The normalized spacial score (nSPS) is 12.1. The molecule has 152 valence electrons. The summed E-state index contributed by atoms with van der Waals surface area (Å²) in [4.78, 5) is 23.0. The van der Waals surface area contributed by atoms with Crippen molar-refractivity contribution in [2.45, 2.75) is 13.0 Å². The maximum atomic E-state index is 14.8. The standard InChI is InChI=1S/C21H15ClF2N4O2/c1-10(11-2-4-13(23)5-3-11)27-20-15(21(29)30)7-17(24)18(28-20)16-9-26-19-14(16)6-12(22)8-25-19/h2-10H,1H3,(H,25,26)(H,27,28)(H,29,30)/t10-/m0/s1. The quantitative estimate of drug-likeness (QED) is 0.394. The third kappa shape index (κ3) is 3.69. The van der Waals surface area contributed by atoms with Crippen LogP contribution in [0.3, 0.4) is 0 Å². The number of aromatic nitrogens is 3. The van der Waals surface area contributed by atoms with Crippen LogP contribution in [-0.4, -0.2) is 26.0 Å². The number of aromatic amines is 1. The number of pyridine rings is 2. The smallest absolute Gasteiger partial charge is 0.339 e. The largest absolute Gasteiger partial charge is 0.478 e. The van der Waals surface area contributed by atoms with Crippen molar-refractivity contribution in [3.8, 4) is 11.3 Å². The van der Waals surface area contributed by atoms with Crippen LogP contribution >= 0.6 is 11.6 Å². The van der Waals surface area contributed by atoms with E-state index >= 15 is 0 Å². The minimum Gasteiger partial charge on any atom is -0.478 e. The molecule has 6 nitrogen and oxygen atoms in total. The number of anilines is 1. The van der Waals surface area contributed by atoms with Crippen molar-refractivity contribution < 1.29 is 18.7 Å². The molecule has 0 aliphatic carbocycles. The Kier molecular flexibility index (Phi) is 5.09. The molecule has 0 unspecified atom stereocenters. The number of hydrogen-bond acceptors (Lipinski definition) is 4. The van der Waals surface area contributed by atoms with Crippen LogP contribution in [0.2, 0.25) is 5.02 Å².